The molecule has 3 rings (SSSR count). The first-order valence-corrected chi connectivity index (χ1v) is 9.36. The van der Waals surface area contributed by atoms with Crippen LogP contribution in [0, 0.1) is 5.92 Å². The summed E-state index contributed by atoms with van der Waals surface area (Å²) in [6, 6.07) is 0.155. The van der Waals surface area contributed by atoms with Crippen LogP contribution in [0.4, 0.5) is 0 Å². The second kappa shape index (κ2) is 5.87. The van der Waals surface area contributed by atoms with Crippen molar-refractivity contribution in [3.63, 3.8) is 0 Å². The van der Waals surface area contributed by atoms with Gasteiger partial charge in [-0.25, -0.2) is 8.42 Å². The maximum Gasteiger partial charge on any atom is 0.256 e. The van der Waals surface area contributed by atoms with Crippen LogP contribution in [0.3, 0.4) is 0 Å². The first kappa shape index (κ1) is 15.3. The predicted molar refractivity (Wildman–Crippen MR) is 84.7 cm³/mol. The third kappa shape index (κ3) is 3.09. The Morgan fingerprint density at radius 1 is 1.36 bits per heavy atom. The average Bonchev–Trinajstić information content (AvgIpc) is 2.48. The standard InChI is InChI=1S/C15H21N3O3S/c1-11-5-2-3-7-13(11)16-15(19)12-6-4-8-18-9-10-22(20,21)17-14(12)18/h4,6,8,11,13H,2-3,5,7,9-10H2,1H3,(H,16,19). The smallest absolute Gasteiger partial charge is 0.256 e. The lowest BCUT2D eigenvalue weighted by atomic mass is 9.86. The van der Waals surface area contributed by atoms with Crippen LogP contribution in [-0.4, -0.2) is 43.4 Å². The van der Waals surface area contributed by atoms with E-state index in [-0.39, 0.29) is 23.5 Å². The Kier molecular flexibility index (Phi) is 4.08. The zero-order valence-electron chi connectivity index (χ0n) is 12.7. The lowest BCUT2D eigenvalue weighted by Crippen LogP contribution is -2.46. The number of carbonyl (C=O) groups is 1. The number of allylic oxidation sites excluding steroid dienone is 2. The maximum absolute atomic E-state index is 12.6. The van der Waals surface area contributed by atoms with E-state index in [2.05, 4.69) is 16.6 Å². The minimum atomic E-state index is -3.47. The number of fused-ring (bicyclic) bond motifs is 1. The molecule has 0 bridgehead atoms. The van der Waals surface area contributed by atoms with E-state index in [4.69, 9.17) is 0 Å². The Balaban J connectivity index is 1.80. The molecule has 6 nitrogen and oxygen atoms in total. The number of amides is 1. The molecule has 2 heterocycles. The van der Waals surface area contributed by atoms with Gasteiger partial charge in [-0.05, 0) is 30.9 Å². The topological polar surface area (TPSA) is 78.8 Å². The molecule has 0 spiro atoms. The van der Waals surface area contributed by atoms with Crippen LogP contribution in [0.25, 0.3) is 0 Å². The molecule has 2 unspecified atom stereocenters. The Morgan fingerprint density at radius 2 is 2.14 bits per heavy atom. The van der Waals surface area contributed by atoms with Crippen molar-refractivity contribution >= 4 is 21.8 Å². The molecular formula is C15H21N3O3S. The summed E-state index contributed by atoms with van der Waals surface area (Å²) in [6.07, 6.45) is 9.58. The van der Waals surface area contributed by atoms with Gasteiger partial charge in [0, 0.05) is 18.8 Å². The van der Waals surface area contributed by atoms with Crippen molar-refractivity contribution in [3.8, 4) is 0 Å². The van der Waals surface area contributed by atoms with Crippen molar-refractivity contribution in [2.75, 3.05) is 12.3 Å². The van der Waals surface area contributed by atoms with Gasteiger partial charge in [-0.1, -0.05) is 19.8 Å². The fourth-order valence-corrected chi connectivity index (χ4v) is 4.16. The van der Waals surface area contributed by atoms with Gasteiger partial charge in [-0.15, -0.1) is 4.40 Å². The van der Waals surface area contributed by atoms with Crippen molar-refractivity contribution < 1.29 is 13.2 Å². The van der Waals surface area contributed by atoms with E-state index in [0.717, 1.165) is 19.3 Å². The summed E-state index contributed by atoms with van der Waals surface area (Å²) in [7, 11) is -3.47. The fraction of sp³-hybridized carbons (Fsp3) is 0.600. The van der Waals surface area contributed by atoms with E-state index >= 15 is 0 Å². The second-order valence-corrected chi connectivity index (χ2v) is 7.91. The SMILES string of the molecule is CC1CCCCC1NC(=O)C1=CC=CN2CCS(=O)(=O)N=C12. The van der Waals surface area contributed by atoms with Crippen molar-refractivity contribution in [1.82, 2.24) is 10.2 Å². The molecule has 7 heteroatoms. The molecule has 1 N–H and O–H groups in total. The molecule has 0 aromatic carbocycles. The van der Waals surface area contributed by atoms with Crippen LogP contribution in [0.1, 0.15) is 32.6 Å². The predicted octanol–water partition coefficient (Wildman–Crippen LogP) is 1.18. The molecule has 120 valence electrons. The van der Waals surface area contributed by atoms with Crippen LogP contribution in [-0.2, 0) is 14.8 Å². The third-order valence-electron chi connectivity index (χ3n) is 4.53. The fourth-order valence-electron chi connectivity index (χ4n) is 3.17. The number of nitrogens with zero attached hydrogens (tertiary/aromatic N) is 2. The van der Waals surface area contributed by atoms with Gasteiger partial charge in [-0.3, -0.25) is 4.79 Å². The first-order valence-electron chi connectivity index (χ1n) is 7.75. The minimum absolute atomic E-state index is 0.0185. The van der Waals surface area contributed by atoms with Crippen molar-refractivity contribution in [1.29, 1.82) is 0 Å². The Bertz CT molecular complexity index is 664. The van der Waals surface area contributed by atoms with Crippen LogP contribution in [0.15, 0.2) is 28.3 Å². The zero-order chi connectivity index (χ0) is 15.7. The Morgan fingerprint density at radius 3 is 2.91 bits per heavy atom. The normalized spacial score (nSPS) is 30.1. The largest absolute Gasteiger partial charge is 0.349 e. The number of amidine groups is 1. The molecule has 0 aromatic rings. The van der Waals surface area contributed by atoms with E-state index in [1.54, 1.807) is 23.3 Å². The summed E-state index contributed by atoms with van der Waals surface area (Å²) in [6.45, 7) is 2.48. The van der Waals surface area contributed by atoms with Crippen molar-refractivity contribution in [3.05, 3.63) is 23.9 Å². The molecule has 1 fully saturated rings. The van der Waals surface area contributed by atoms with Gasteiger partial charge in [0.2, 0.25) is 0 Å². The molecule has 3 aliphatic rings. The summed E-state index contributed by atoms with van der Waals surface area (Å²) >= 11 is 0. The van der Waals surface area contributed by atoms with Gasteiger partial charge in [-0.2, -0.15) is 0 Å². The molecular weight excluding hydrogens is 302 g/mol. The molecule has 22 heavy (non-hydrogen) atoms. The Hall–Kier alpha value is -1.63. The molecule has 0 saturated heterocycles. The molecule has 1 aliphatic carbocycles. The highest BCUT2D eigenvalue weighted by Gasteiger charge is 2.31. The zero-order valence-corrected chi connectivity index (χ0v) is 13.5. The summed E-state index contributed by atoms with van der Waals surface area (Å²) in [5.74, 6) is 0.444. The van der Waals surface area contributed by atoms with Gasteiger partial charge in [0.05, 0.1) is 11.3 Å². The van der Waals surface area contributed by atoms with Gasteiger partial charge >= 0.3 is 0 Å². The maximum atomic E-state index is 12.6. The van der Waals surface area contributed by atoms with E-state index < -0.39 is 10.0 Å². The molecule has 1 amide bonds. The molecule has 2 aliphatic heterocycles. The van der Waals surface area contributed by atoms with Crippen molar-refractivity contribution in [2.45, 2.75) is 38.6 Å². The minimum Gasteiger partial charge on any atom is -0.349 e. The number of sulfonamides is 1. The highest BCUT2D eigenvalue weighted by molar-refractivity contribution is 7.90. The van der Waals surface area contributed by atoms with Crippen molar-refractivity contribution in [2.24, 2.45) is 10.3 Å². The van der Waals surface area contributed by atoms with E-state index in [1.165, 1.54) is 6.42 Å². The lowest BCUT2D eigenvalue weighted by molar-refractivity contribution is -0.118. The molecule has 1 saturated carbocycles. The Labute approximate surface area is 131 Å². The summed E-state index contributed by atoms with van der Waals surface area (Å²) in [5.41, 5.74) is 0.337. The summed E-state index contributed by atoms with van der Waals surface area (Å²) < 4.78 is 27.2. The monoisotopic (exact) mass is 323 g/mol. The highest BCUT2D eigenvalue weighted by atomic mass is 32.2. The number of carbonyl (C=O) groups excluding carboxylic acids is 1. The first-order chi connectivity index (χ1) is 10.5. The van der Waals surface area contributed by atoms with E-state index in [9.17, 15) is 13.2 Å². The number of rotatable bonds is 2. The van der Waals surface area contributed by atoms with Gasteiger partial charge < -0.3 is 10.2 Å². The van der Waals surface area contributed by atoms with Crippen LogP contribution in [0.5, 0.6) is 0 Å². The van der Waals surface area contributed by atoms with Gasteiger partial charge in [0.1, 0.15) is 0 Å². The van der Waals surface area contributed by atoms with E-state index in [1.807, 2.05) is 0 Å². The number of hydrogen-bond acceptors (Lipinski definition) is 4. The average molecular weight is 323 g/mol. The van der Waals surface area contributed by atoms with Gasteiger partial charge in [0.15, 0.2) is 5.84 Å². The van der Waals surface area contributed by atoms with Crippen LogP contribution < -0.4 is 5.32 Å². The van der Waals surface area contributed by atoms with Crippen LogP contribution in [0.2, 0.25) is 0 Å². The summed E-state index contributed by atoms with van der Waals surface area (Å²) in [5, 5.41) is 3.06. The molecule has 2 atom stereocenters. The van der Waals surface area contributed by atoms with Crippen LogP contribution >= 0.6 is 0 Å². The van der Waals surface area contributed by atoms with Gasteiger partial charge in [0.25, 0.3) is 15.9 Å². The molecule has 0 radical (unpaired) electrons. The van der Waals surface area contributed by atoms with E-state index in [0.29, 0.717) is 18.0 Å². The number of nitrogens with one attached hydrogen (secondary N) is 1. The number of hydrogen-bond donors (Lipinski definition) is 1. The summed E-state index contributed by atoms with van der Waals surface area (Å²) in [4.78, 5) is 14.3. The highest BCUT2D eigenvalue weighted by Crippen LogP contribution is 2.25. The second-order valence-electron chi connectivity index (χ2n) is 6.16. The third-order valence-corrected chi connectivity index (χ3v) is 5.68. The lowest BCUT2D eigenvalue weighted by Gasteiger charge is -2.32. The molecule has 0 aromatic heterocycles. The quantitative estimate of drug-likeness (QED) is 0.827.